The van der Waals surface area contributed by atoms with E-state index in [2.05, 4.69) is 10.3 Å². The van der Waals surface area contributed by atoms with Crippen molar-refractivity contribution >= 4 is 23.5 Å². The van der Waals surface area contributed by atoms with E-state index in [9.17, 15) is 4.79 Å². The van der Waals surface area contributed by atoms with Gasteiger partial charge in [-0.3, -0.25) is 9.48 Å². The molecule has 0 saturated carbocycles. The van der Waals surface area contributed by atoms with Gasteiger partial charge in [0.05, 0.1) is 16.0 Å². The highest BCUT2D eigenvalue weighted by Gasteiger charge is 2.39. The van der Waals surface area contributed by atoms with Crippen molar-refractivity contribution in [1.29, 1.82) is 0 Å². The van der Waals surface area contributed by atoms with E-state index in [1.807, 2.05) is 18.1 Å². The molecule has 1 saturated heterocycles. The molecule has 8 heteroatoms. The second-order valence-electron chi connectivity index (χ2n) is 5.28. The largest absolute Gasteiger partial charge is 0.409 e. The fourth-order valence-corrected chi connectivity index (χ4v) is 3.55. The molecule has 2 heterocycles. The van der Waals surface area contributed by atoms with E-state index >= 15 is 0 Å². The molecule has 116 valence electrons. The first-order valence-electron chi connectivity index (χ1n) is 6.76. The number of amidine groups is 1. The summed E-state index contributed by atoms with van der Waals surface area (Å²) in [6.45, 7) is 3.01. The maximum absolute atomic E-state index is 12.5. The van der Waals surface area contributed by atoms with E-state index in [1.54, 1.807) is 29.7 Å². The quantitative estimate of drug-likeness (QED) is 0.373. The number of likely N-dealkylation sites (tertiary alicyclic amines) is 1. The third kappa shape index (κ3) is 2.85. The van der Waals surface area contributed by atoms with Crippen molar-refractivity contribution in [2.24, 2.45) is 17.9 Å². The van der Waals surface area contributed by atoms with Crippen LogP contribution in [-0.2, 0) is 7.05 Å². The number of carbonyl (C=O) groups is 1. The number of hydrogen-bond donors (Lipinski definition) is 2. The molecule has 21 heavy (non-hydrogen) atoms. The number of carbonyl (C=O) groups excluding carboxylic acids is 1. The molecule has 0 unspecified atom stereocenters. The maximum atomic E-state index is 12.5. The number of aromatic nitrogens is 2. The molecule has 0 aliphatic carbocycles. The number of hydrogen-bond acceptors (Lipinski definition) is 5. The molecule has 1 aliphatic rings. The molecule has 1 aliphatic heterocycles. The van der Waals surface area contributed by atoms with Gasteiger partial charge in [-0.25, -0.2) is 0 Å². The van der Waals surface area contributed by atoms with E-state index in [0.717, 1.165) is 5.69 Å². The fourth-order valence-electron chi connectivity index (χ4n) is 2.71. The summed E-state index contributed by atoms with van der Waals surface area (Å²) in [4.78, 5) is 14.3. The summed E-state index contributed by atoms with van der Waals surface area (Å²) in [7, 11) is 1.80. The summed E-state index contributed by atoms with van der Waals surface area (Å²) in [5.74, 6) is 0.231. The summed E-state index contributed by atoms with van der Waals surface area (Å²) < 4.78 is 1.27. The van der Waals surface area contributed by atoms with Crippen molar-refractivity contribution in [2.45, 2.75) is 24.5 Å². The van der Waals surface area contributed by atoms with Gasteiger partial charge in [-0.05, 0) is 26.0 Å². The Morgan fingerprint density at radius 1 is 1.52 bits per heavy atom. The lowest BCUT2D eigenvalue weighted by Gasteiger charge is -2.39. The van der Waals surface area contributed by atoms with Crippen molar-refractivity contribution in [2.75, 3.05) is 19.3 Å². The van der Waals surface area contributed by atoms with Gasteiger partial charge < -0.3 is 15.8 Å². The Labute approximate surface area is 128 Å². The van der Waals surface area contributed by atoms with Crippen LogP contribution in [0.5, 0.6) is 0 Å². The predicted molar refractivity (Wildman–Crippen MR) is 82.7 cm³/mol. The first-order valence-corrected chi connectivity index (χ1v) is 7.98. The Hall–Kier alpha value is -1.70. The standard InChI is InChI=1S/C13H21N5O2S/c1-9-10(8-17(2)15-9)11(19)18-6-4-13(21-3,5-7-18)12(14)16-20/h8,20H,4-7H2,1-3H3,(H2,14,16). The molecule has 1 fully saturated rings. The average molecular weight is 311 g/mol. The molecule has 1 amide bonds. The van der Waals surface area contributed by atoms with Crippen LogP contribution >= 0.6 is 11.8 Å². The summed E-state index contributed by atoms with van der Waals surface area (Å²) in [5, 5.41) is 16.3. The van der Waals surface area contributed by atoms with Crippen molar-refractivity contribution in [3.63, 3.8) is 0 Å². The van der Waals surface area contributed by atoms with Gasteiger partial charge in [0.15, 0.2) is 5.84 Å². The van der Waals surface area contributed by atoms with Crippen LogP contribution < -0.4 is 5.73 Å². The first-order chi connectivity index (χ1) is 9.93. The molecular formula is C13H21N5O2S. The van der Waals surface area contributed by atoms with Crippen LogP contribution in [0.25, 0.3) is 0 Å². The molecule has 3 N–H and O–H groups in total. The first kappa shape index (κ1) is 15.7. The monoisotopic (exact) mass is 311 g/mol. The summed E-state index contributed by atoms with van der Waals surface area (Å²) in [5.41, 5.74) is 7.19. The Balaban J connectivity index is 2.10. The van der Waals surface area contributed by atoms with E-state index in [0.29, 0.717) is 31.5 Å². The smallest absolute Gasteiger partial charge is 0.257 e. The van der Waals surface area contributed by atoms with Crippen LogP contribution in [0.3, 0.4) is 0 Å². The van der Waals surface area contributed by atoms with Gasteiger partial charge in [0.1, 0.15) is 0 Å². The lowest BCUT2D eigenvalue weighted by atomic mass is 9.94. The Morgan fingerprint density at radius 3 is 2.57 bits per heavy atom. The predicted octanol–water partition coefficient (Wildman–Crippen LogP) is 0.813. The minimum atomic E-state index is -0.379. The van der Waals surface area contributed by atoms with Gasteiger partial charge in [-0.15, -0.1) is 0 Å². The van der Waals surface area contributed by atoms with Gasteiger partial charge in [0, 0.05) is 26.3 Å². The molecule has 2 rings (SSSR count). The average Bonchev–Trinajstić information content (AvgIpc) is 2.84. The van der Waals surface area contributed by atoms with E-state index < -0.39 is 0 Å². The van der Waals surface area contributed by atoms with Gasteiger partial charge >= 0.3 is 0 Å². The van der Waals surface area contributed by atoms with Gasteiger partial charge in [0.25, 0.3) is 5.91 Å². The minimum absolute atomic E-state index is 0.00480. The molecule has 0 radical (unpaired) electrons. The number of aryl methyl sites for hydroxylation is 2. The third-order valence-electron chi connectivity index (χ3n) is 4.07. The molecule has 0 spiro atoms. The SMILES string of the molecule is CSC1(C(N)=NO)CCN(C(=O)c2cn(C)nc2C)CC1. The highest BCUT2D eigenvalue weighted by atomic mass is 32.2. The van der Waals surface area contributed by atoms with Crippen molar-refractivity contribution < 1.29 is 10.0 Å². The number of piperidine rings is 1. The summed E-state index contributed by atoms with van der Waals surface area (Å²) >= 11 is 1.57. The number of thioether (sulfide) groups is 1. The number of nitrogens with two attached hydrogens (primary N) is 1. The molecule has 7 nitrogen and oxygen atoms in total. The Morgan fingerprint density at radius 2 is 2.14 bits per heavy atom. The lowest BCUT2D eigenvalue weighted by Crippen LogP contribution is -2.51. The normalized spacial score (nSPS) is 18.8. The van der Waals surface area contributed by atoms with Crippen molar-refractivity contribution in [3.8, 4) is 0 Å². The van der Waals surface area contributed by atoms with Crippen LogP contribution in [0.4, 0.5) is 0 Å². The summed E-state index contributed by atoms with van der Waals surface area (Å²) in [6.07, 6.45) is 5.04. The number of oxime groups is 1. The summed E-state index contributed by atoms with van der Waals surface area (Å²) in [6, 6.07) is 0. The maximum Gasteiger partial charge on any atom is 0.257 e. The molecule has 1 aromatic rings. The van der Waals surface area contributed by atoms with Crippen LogP contribution in [0.2, 0.25) is 0 Å². The number of rotatable bonds is 3. The van der Waals surface area contributed by atoms with E-state index in [4.69, 9.17) is 10.9 Å². The zero-order valence-electron chi connectivity index (χ0n) is 12.5. The second kappa shape index (κ2) is 5.97. The van der Waals surface area contributed by atoms with Crippen LogP contribution in [0.15, 0.2) is 11.4 Å². The Kier molecular flexibility index (Phi) is 4.46. The third-order valence-corrected chi connectivity index (χ3v) is 5.47. The van der Waals surface area contributed by atoms with E-state index in [-0.39, 0.29) is 16.5 Å². The molecular weight excluding hydrogens is 290 g/mol. The van der Waals surface area contributed by atoms with Gasteiger partial charge in [-0.2, -0.15) is 16.9 Å². The van der Waals surface area contributed by atoms with Crippen LogP contribution in [0, 0.1) is 6.92 Å². The van der Waals surface area contributed by atoms with Crippen molar-refractivity contribution in [3.05, 3.63) is 17.5 Å². The topological polar surface area (TPSA) is 96.7 Å². The van der Waals surface area contributed by atoms with Gasteiger partial charge in [0.2, 0.25) is 0 Å². The van der Waals surface area contributed by atoms with Gasteiger partial charge in [-0.1, -0.05) is 5.16 Å². The van der Waals surface area contributed by atoms with Crippen LogP contribution in [-0.4, -0.2) is 55.7 Å². The number of nitrogens with zero attached hydrogens (tertiary/aromatic N) is 4. The highest BCUT2D eigenvalue weighted by molar-refractivity contribution is 8.00. The molecule has 0 aromatic carbocycles. The highest BCUT2D eigenvalue weighted by Crippen LogP contribution is 2.35. The Bertz CT molecular complexity index is 561. The zero-order chi connectivity index (χ0) is 15.6. The zero-order valence-corrected chi connectivity index (χ0v) is 13.4. The minimum Gasteiger partial charge on any atom is -0.409 e. The molecule has 1 aromatic heterocycles. The molecule has 0 atom stereocenters. The van der Waals surface area contributed by atoms with Crippen molar-refractivity contribution in [1.82, 2.24) is 14.7 Å². The van der Waals surface area contributed by atoms with E-state index in [1.165, 1.54) is 0 Å². The second-order valence-corrected chi connectivity index (χ2v) is 6.47. The lowest BCUT2D eigenvalue weighted by molar-refractivity contribution is 0.0717. The number of amides is 1. The van der Waals surface area contributed by atoms with Crippen LogP contribution in [0.1, 0.15) is 28.9 Å². The fraction of sp³-hybridized carbons (Fsp3) is 0.615. The molecule has 0 bridgehead atoms.